The van der Waals surface area contributed by atoms with Crippen molar-refractivity contribution in [3.05, 3.63) is 29.8 Å². The maximum absolute atomic E-state index is 9.62. The first-order valence-corrected chi connectivity index (χ1v) is 6.90. The minimum Gasteiger partial charge on any atom is -0.387 e. The van der Waals surface area contributed by atoms with Gasteiger partial charge in [0.1, 0.15) is 5.82 Å². The molecule has 1 N–H and O–H groups in total. The molecule has 0 spiro atoms. The van der Waals surface area contributed by atoms with Crippen LogP contribution in [0.25, 0.3) is 0 Å². The maximum atomic E-state index is 9.62. The fourth-order valence-electron chi connectivity index (χ4n) is 1.28. The topological polar surface area (TPSA) is 58.9 Å². The number of aromatic nitrogens is 3. The van der Waals surface area contributed by atoms with Gasteiger partial charge in [-0.1, -0.05) is 18.7 Å². The number of aryl methyl sites for hydroxylation is 1. The largest absolute Gasteiger partial charge is 0.387 e. The third-order valence-electron chi connectivity index (χ3n) is 2.20. The fraction of sp³-hybridized carbons (Fsp3) is 0.364. The lowest BCUT2D eigenvalue weighted by Gasteiger charge is -2.06. The van der Waals surface area contributed by atoms with Crippen molar-refractivity contribution in [3.8, 4) is 0 Å². The van der Waals surface area contributed by atoms with Crippen molar-refractivity contribution in [1.29, 1.82) is 0 Å². The second-order valence-corrected chi connectivity index (χ2v) is 5.62. The summed E-state index contributed by atoms with van der Waals surface area (Å²) >= 11 is 2.92. The first-order chi connectivity index (χ1) is 8.19. The average Bonchev–Trinajstić information content (AvgIpc) is 2.75. The van der Waals surface area contributed by atoms with Gasteiger partial charge in [-0.3, -0.25) is 4.98 Å². The summed E-state index contributed by atoms with van der Waals surface area (Å²) in [5.74, 6) is 0.795. The molecule has 2 rings (SSSR count). The van der Waals surface area contributed by atoms with Crippen LogP contribution in [0.2, 0.25) is 0 Å². The van der Waals surface area contributed by atoms with Crippen LogP contribution in [0.1, 0.15) is 31.0 Å². The lowest BCUT2D eigenvalue weighted by molar-refractivity contribution is 0.169. The first kappa shape index (κ1) is 12.5. The maximum Gasteiger partial charge on any atom is 0.174 e. The predicted molar refractivity (Wildman–Crippen MR) is 68.3 cm³/mol. The number of nitrogens with zero attached hydrogens (tertiary/aromatic N) is 3. The highest BCUT2D eigenvalue weighted by Gasteiger charge is 2.07. The summed E-state index contributed by atoms with van der Waals surface area (Å²) in [6, 6.07) is 3.80. The van der Waals surface area contributed by atoms with E-state index in [1.54, 1.807) is 6.20 Å². The second kappa shape index (κ2) is 5.57. The molecule has 2 heterocycles. The van der Waals surface area contributed by atoms with Crippen LogP contribution < -0.4 is 0 Å². The lowest BCUT2D eigenvalue weighted by Crippen LogP contribution is -1.97. The van der Waals surface area contributed by atoms with E-state index in [4.69, 9.17) is 0 Å². The summed E-state index contributed by atoms with van der Waals surface area (Å²) in [6.07, 6.45) is 1.96. The van der Waals surface area contributed by atoms with Crippen LogP contribution in [-0.4, -0.2) is 19.4 Å². The summed E-state index contributed by atoms with van der Waals surface area (Å²) < 4.78 is 5.03. The minimum absolute atomic E-state index is 0.474. The number of pyridine rings is 1. The van der Waals surface area contributed by atoms with Crippen LogP contribution in [0.15, 0.2) is 27.6 Å². The molecule has 1 atom stereocenters. The molecule has 0 fully saturated rings. The molecule has 0 amide bonds. The Bertz CT molecular complexity index is 484. The van der Waals surface area contributed by atoms with Gasteiger partial charge >= 0.3 is 0 Å². The Labute approximate surface area is 108 Å². The van der Waals surface area contributed by atoms with Crippen molar-refractivity contribution in [2.45, 2.75) is 35.6 Å². The molecule has 90 valence electrons. The van der Waals surface area contributed by atoms with Crippen LogP contribution in [0.4, 0.5) is 0 Å². The van der Waals surface area contributed by atoms with Gasteiger partial charge in [-0.2, -0.15) is 4.37 Å². The fourth-order valence-corrected chi connectivity index (χ4v) is 2.87. The molecular formula is C11H13N3OS2. The van der Waals surface area contributed by atoms with Crippen molar-refractivity contribution in [2.24, 2.45) is 0 Å². The van der Waals surface area contributed by atoms with E-state index in [0.717, 1.165) is 15.1 Å². The molecule has 4 nitrogen and oxygen atoms in total. The van der Waals surface area contributed by atoms with E-state index >= 15 is 0 Å². The molecule has 2 aromatic rings. The molecule has 0 saturated heterocycles. The van der Waals surface area contributed by atoms with E-state index in [0.29, 0.717) is 12.1 Å². The number of aliphatic hydroxyl groups is 1. The van der Waals surface area contributed by atoms with Crippen molar-refractivity contribution >= 4 is 23.3 Å². The summed E-state index contributed by atoms with van der Waals surface area (Å²) in [6.45, 7) is 3.80. The van der Waals surface area contributed by atoms with Gasteiger partial charge in [-0.05, 0) is 37.0 Å². The molecular weight excluding hydrogens is 254 g/mol. The summed E-state index contributed by atoms with van der Waals surface area (Å²) in [5.41, 5.74) is 0.713. The van der Waals surface area contributed by atoms with Gasteiger partial charge in [0.2, 0.25) is 0 Å². The van der Waals surface area contributed by atoms with E-state index in [1.165, 1.54) is 23.3 Å². The summed E-state index contributed by atoms with van der Waals surface area (Å²) in [4.78, 5) is 9.52. The van der Waals surface area contributed by atoms with Crippen LogP contribution in [0, 0.1) is 6.92 Å². The molecule has 0 bridgehead atoms. The van der Waals surface area contributed by atoms with Gasteiger partial charge in [0, 0.05) is 11.1 Å². The Morgan fingerprint density at radius 1 is 1.47 bits per heavy atom. The Hall–Kier alpha value is -0.980. The normalized spacial score (nSPS) is 12.6. The second-order valence-electron chi connectivity index (χ2n) is 3.55. The van der Waals surface area contributed by atoms with Crippen molar-refractivity contribution < 1.29 is 5.11 Å². The molecule has 0 radical (unpaired) electrons. The third-order valence-corrected chi connectivity index (χ3v) is 4.02. The van der Waals surface area contributed by atoms with Crippen molar-refractivity contribution in [3.63, 3.8) is 0 Å². The Balaban J connectivity index is 2.08. The van der Waals surface area contributed by atoms with Crippen LogP contribution >= 0.6 is 23.3 Å². The van der Waals surface area contributed by atoms with Crippen LogP contribution in [0.5, 0.6) is 0 Å². The smallest absolute Gasteiger partial charge is 0.174 e. The number of hydrogen-bond donors (Lipinski definition) is 1. The monoisotopic (exact) mass is 267 g/mol. The van der Waals surface area contributed by atoms with E-state index < -0.39 is 6.10 Å². The highest BCUT2D eigenvalue weighted by molar-refractivity contribution is 8.01. The summed E-state index contributed by atoms with van der Waals surface area (Å²) in [7, 11) is 0. The Morgan fingerprint density at radius 3 is 2.82 bits per heavy atom. The minimum atomic E-state index is -0.474. The Morgan fingerprint density at radius 2 is 2.29 bits per heavy atom. The molecule has 2 aromatic heterocycles. The van der Waals surface area contributed by atoms with Crippen LogP contribution in [-0.2, 0) is 0 Å². The van der Waals surface area contributed by atoms with Crippen molar-refractivity contribution in [1.82, 2.24) is 14.3 Å². The number of hydrogen-bond acceptors (Lipinski definition) is 6. The highest BCUT2D eigenvalue weighted by Crippen LogP contribution is 2.28. The third kappa shape index (κ3) is 3.24. The van der Waals surface area contributed by atoms with E-state index in [9.17, 15) is 5.11 Å². The molecule has 17 heavy (non-hydrogen) atoms. The molecule has 0 saturated carbocycles. The van der Waals surface area contributed by atoms with Gasteiger partial charge in [0.05, 0.1) is 11.8 Å². The molecule has 0 aliphatic carbocycles. The SMILES string of the molecule is CC[C@@H](O)c1ccc(Sc2nc(C)ns2)cn1. The quantitative estimate of drug-likeness (QED) is 0.923. The van der Waals surface area contributed by atoms with E-state index in [2.05, 4.69) is 14.3 Å². The zero-order chi connectivity index (χ0) is 12.3. The lowest BCUT2D eigenvalue weighted by atomic mass is 10.2. The summed E-state index contributed by atoms with van der Waals surface area (Å²) in [5, 5.41) is 9.62. The van der Waals surface area contributed by atoms with E-state index in [-0.39, 0.29) is 0 Å². The Kier molecular flexibility index (Phi) is 4.09. The molecule has 0 unspecified atom stereocenters. The first-order valence-electron chi connectivity index (χ1n) is 5.31. The zero-order valence-electron chi connectivity index (χ0n) is 9.62. The van der Waals surface area contributed by atoms with Gasteiger partial charge in [-0.25, -0.2) is 4.98 Å². The standard InChI is InChI=1S/C11H13N3OS2/c1-3-10(15)9-5-4-8(6-12-9)16-11-13-7(2)14-17-11/h4-6,10,15H,3H2,1-2H3/t10-/m1/s1. The van der Waals surface area contributed by atoms with Gasteiger partial charge in [0.15, 0.2) is 4.34 Å². The van der Waals surface area contributed by atoms with Gasteiger partial charge in [0.25, 0.3) is 0 Å². The predicted octanol–water partition coefficient (Wildman–Crippen LogP) is 2.84. The van der Waals surface area contributed by atoms with E-state index in [1.807, 2.05) is 26.0 Å². The van der Waals surface area contributed by atoms with Gasteiger partial charge < -0.3 is 5.11 Å². The molecule has 0 aliphatic heterocycles. The molecule has 0 aliphatic rings. The van der Waals surface area contributed by atoms with Crippen molar-refractivity contribution in [2.75, 3.05) is 0 Å². The number of aliphatic hydroxyl groups excluding tert-OH is 1. The average molecular weight is 267 g/mol. The van der Waals surface area contributed by atoms with Gasteiger partial charge in [-0.15, -0.1) is 0 Å². The zero-order valence-corrected chi connectivity index (χ0v) is 11.3. The molecule has 0 aromatic carbocycles. The molecule has 6 heteroatoms. The highest BCUT2D eigenvalue weighted by atomic mass is 32.2. The number of rotatable bonds is 4. The van der Waals surface area contributed by atoms with Crippen LogP contribution in [0.3, 0.4) is 0 Å².